The van der Waals surface area contributed by atoms with Gasteiger partial charge >= 0.3 is 0 Å². The molecule has 0 unspecified atom stereocenters. The van der Waals surface area contributed by atoms with Gasteiger partial charge in [-0.3, -0.25) is 4.79 Å². The van der Waals surface area contributed by atoms with Crippen LogP contribution in [0.1, 0.15) is 0 Å². The summed E-state index contributed by atoms with van der Waals surface area (Å²) in [6, 6.07) is 2.71. The summed E-state index contributed by atoms with van der Waals surface area (Å²) in [5, 5.41) is 15.3. The average molecular weight is 151 g/mol. The van der Waals surface area contributed by atoms with E-state index in [2.05, 4.69) is 10.2 Å². The van der Waals surface area contributed by atoms with Crippen molar-refractivity contribution in [3.8, 4) is 5.75 Å². The highest BCUT2D eigenvalue weighted by Crippen LogP contribution is 2.11. The second-order valence-electron chi connectivity index (χ2n) is 2.13. The molecule has 2 aromatic heterocycles. The second-order valence-corrected chi connectivity index (χ2v) is 2.13. The zero-order chi connectivity index (χ0) is 7.84. The Kier molecular flexibility index (Phi) is 1.00. The molecule has 0 aliphatic carbocycles. The third kappa shape index (κ3) is 0.778. The van der Waals surface area contributed by atoms with Crippen LogP contribution in [0.2, 0.25) is 0 Å². The number of nitrogens with one attached hydrogen (secondary N) is 1. The quantitative estimate of drug-likeness (QED) is 0.544. The van der Waals surface area contributed by atoms with E-state index in [9.17, 15) is 4.79 Å². The molecule has 0 amide bonds. The zero-order valence-corrected chi connectivity index (χ0v) is 5.48. The smallest absolute Gasteiger partial charge is 0.267 e. The van der Waals surface area contributed by atoms with Gasteiger partial charge < -0.3 is 5.11 Å². The summed E-state index contributed by atoms with van der Waals surface area (Å²) in [5.41, 5.74) is 0.114. The summed E-state index contributed by atoms with van der Waals surface area (Å²) in [6.45, 7) is 0. The molecule has 5 heteroatoms. The van der Waals surface area contributed by atoms with E-state index in [1.807, 2.05) is 0 Å². The van der Waals surface area contributed by atoms with Crippen molar-refractivity contribution in [1.82, 2.24) is 14.8 Å². The van der Waals surface area contributed by atoms with Crippen LogP contribution in [-0.4, -0.2) is 19.9 Å². The average Bonchev–Trinajstić information content (AvgIpc) is 2.34. The topological polar surface area (TPSA) is 70.4 Å². The number of nitrogens with zero attached hydrogens (tertiary/aromatic N) is 2. The number of hydrogen-bond acceptors (Lipinski definition) is 3. The molecular formula is C6H5N3O2. The Bertz CT molecular complexity index is 442. The molecule has 0 saturated heterocycles. The fraction of sp³-hybridized carbons (Fsp3) is 0. The van der Waals surface area contributed by atoms with E-state index in [0.29, 0.717) is 5.52 Å². The van der Waals surface area contributed by atoms with Crippen molar-refractivity contribution in [2.75, 3.05) is 0 Å². The van der Waals surface area contributed by atoms with Gasteiger partial charge in [0.15, 0.2) is 0 Å². The molecule has 0 aromatic carbocycles. The first-order valence-corrected chi connectivity index (χ1v) is 3.03. The number of H-pyrrole nitrogens is 1. The molecular weight excluding hydrogens is 146 g/mol. The standard InChI is InChI=1S/C6H5N3O2/c10-5-3-6(11)8-9-4(5)1-2-7-9/h1-3,10H,(H,8,11). The molecule has 0 bridgehead atoms. The Morgan fingerprint density at radius 2 is 2.45 bits per heavy atom. The minimum atomic E-state index is -0.376. The molecule has 2 rings (SSSR count). The molecule has 2 N–H and O–H groups in total. The SMILES string of the molecule is O=c1cc(O)c2ccnn2[nH]1. The zero-order valence-electron chi connectivity index (χ0n) is 5.48. The van der Waals surface area contributed by atoms with Crippen LogP contribution in [0, 0.1) is 0 Å². The number of fused-ring (bicyclic) bond motifs is 1. The molecule has 0 fully saturated rings. The van der Waals surface area contributed by atoms with E-state index in [0.717, 1.165) is 6.07 Å². The normalized spacial score (nSPS) is 10.5. The number of hydrogen-bond donors (Lipinski definition) is 2. The third-order valence-corrected chi connectivity index (χ3v) is 1.39. The van der Waals surface area contributed by atoms with E-state index < -0.39 is 0 Å². The number of aromatic amines is 1. The molecule has 56 valence electrons. The fourth-order valence-electron chi connectivity index (χ4n) is 0.921. The molecule has 0 aliphatic heterocycles. The van der Waals surface area contributed by atoms with Crippen molar-refractivity contribution in [2.45, 2.75) is 0 Å². The number of aromatic hydroxyl groups is 1. The summed E-state index contributed by atoms with van der Waals surface area (Å²) < 4.78 is 1.22. The van der Waals surface area contributed by atoms with E-state index >= 15 is 0 Å². The summed E-state index contributed by atoms with van der Waals surface area (Å²) >= 11 is 0. The molecule has 0 aliphatic rings. The lowest BCUT2D eigenvalue weighted by Gasteiger charge is -1.93. The molecule has 0 atom stereocenters. The van der Waals surface area contributed by atoms with Gasteiger partial charge in [-0.1, -0.05) is 0 Å². The van der Waals surface area contributed by atoms with Crippen molar-refractivity contribution < 1.29 is 5.11 Å². The Hall–Kier alpha value is -1.78. The van der Waals surface area contributed by atoms with Crippen LogP contribution < -0.4 is 5.56 Å². The predicted octanol–water partition coefficient (Wildman–Crippen LogP) is -0.272. The maximum Gasteiger partial charge on any atom is 0.267 e. The summed E-state index contributed by atoms with van der Waals surface area (Å²) in [4.78, 5) is 10.7. The van der Waals surface area contributed by atoms with Gasteiger partial charge in [-0.25, -0.2) is 5.10 Å². The molecule has 2 aromatic rings. The second kappa shape index (κ2) is 1.85. The largest absolute Gasteiger partial charge is 0.505 e. The van der Waals surface area contributed by atoms with Crippen LogP contribution in [0.15, 0.2) is 23.1 Å². The fourth-order valence-corrected chi connectivity index (χ4v) is 0.921. The minimum absolute atomic E-state index is 0.0637. The van der Waals surface area contributed by atoms with Gasteiger partial charge in [0.05, 0.1) is 6.20 Å². The summed E-state index contributed by atoms with van der Waals surface area (Å²) in [7, 11) is 0. The molecule has 0 saturated carbocycles. The lowest BCUT2D eigenvalue weighted by Crippen LogP contribution is -2.09. The third-order valence-electron chi connectivity index (χ3n) is 1.39. The maximum atomic E-state index is 10.7. The first kappa shape index (κ1) is 5.96. The molecule has 2 heterocycles. The molecule has 5 nitrogen and oxygen atoms in total. The highest BCUT2D eigenvalue weighted by Gasteiger charge is 1.99. The first-order chi connectivity index (χ1) is 5.27. The molecule has 0 spiro atoms. The van der Waals surface area contributed by atoms with E-state index in [4.69, 9.17) is 5.11 Å². The van der Waals surface area contributed by atoms with Gasteiger partial charge in [0, 0.05) is 6.07 Å². The van der Waals surface area contributed by atoms with Gasteiger partial charge in [-0.2, -0.15) is 9.73 Å². The Morgan fingerprint density at radius 1 is 1.64 bits per heavy atom. The van der Waals surface area contributed by atoms with E-state index in [-0.39, 0.29) is 11.3 Å². The van der Waals surface area contributed by atoms with Crippen molar-refractivity contribution >= 4 is 5.52 Å². The van der Waals surface area contributed by atoms with Gasteiger partial charge in [0.25, 0.3) is 5.56 Å². The van der Waals surface area contributed by atoms with Crippen LogP contribution in [0.4, 0.5) is 0 Å². The van der Waals surface area contributed by atoms with E-state index in [1.165, 1.54) is 10.8 Å². The predicted molar refractivity (Wildman–Crippen MR) is 37.5 cm³/mol. The van der Waals surface area contributed by atoms with Crippen LogP contribution in [0.3, 0.4) is 0 Å². The highest BCUT2D eigenvalue weighted by molar-refractivity contribution is 5.56. The lowest BCUT2D eigenvalue weighted by molar-refractivity contribution is 0.474. The Balaban J connectivity index is 3.02. The summed E-state index contributed by atoms with van der Waals surface area (Å²) in [5.74, 6) is -0.0637. The van der Waals surface area contributed by atoms with Gasteiger partial charge in [0.2, 0.25) is 0 Å². The number of rotatable bonds is 0. The number of aromatic nitrogens is 3. The highest BCUT2D eigenvalue weighted by atomic mass is 16.3. The summed E-state index contributed by atoms with van der Waals surface area (Å²) in [6.07, 6.45) is 1.49. The Labute approximate surface area is 60.9 Å². The lowest BCUT2D eigenvalue weighted by atomic mass is 10.4. The van der Waals surface area contributed by atoms with Gasteiger partial charge in [0.1, 0.15) is 11.3 Å². The van der Waals surface area contributed by atoms with Crippen molar-refractivity contribution in [1.29, 1.82) is 0 Å². The molecule has 0 radical (unpaired) electrons. The van der Waals surface area contributed by atoms with Crippen LogP contribution >= 0.6 is 0 Å². The van der Waals surface area contributed by atoms with Crippen LogP contribution in [0.25, 0.3) is 5.52 Å². The first-order valence-electron chi connectivity index (χ1n) is 3.03. The van der Waals surface area contributed by atoms with Crippen molar-refractivity contribution in [3.05, 3.63) is 28.7 Å². The van der Waals surface area contributed by atoms with E-state index in [1.54, 1.807) is 6.07 Å². The van der Waals surface area contributed by atoms with Gasteiger partial charge in [-0.05, 0) is 6.07 Å². The van der Waals surface area contributed by atoms with Crippen LogP contribution in [-0.2, 0) is 0 Å². The van der Waals surface area contributed by atoms with Crippen LogP contribution in [0.5, 0.6) is 5.75 Å². The van der Waals surface area contributed by atoms with Gasteiger partial charge in [-0.15, -0.1) is 0 Å². The molecule has 11 heavy (non-hydrogen) atoms. The maximum absolute atomic E-state index is 10.7. The minimum Gasteiger partial charge on any atom is -0.505 e. The van der Waals surface area contributed by atoms with Crippen molar-refractivity contribution in [3.63, 3.8) is 0 Å². The van der Waals surface area contributed by atoms with Crippen molar-refractivity contribution in [2.24, 2.45) is 0 Å². The Morgan fingerprint density at radius 3 is 3.27 bits per heavy atom. The monoisotopic (exact) mass is 151 g/mol.